The van der Waals surface area contributed by atoms with Crippen LogP contribution in [-0.2, 0) is 25.6 Å². The van der Waals surface area contributed by atoms with E-state index >= 15 is 0 Å². The number of ether oxygens (including phenoxy) is 3. The predicted molar refractivity (Wildman–Crippen MR) is 95.4 cm³/mol. The van der Waals surface area contributed by atoms with Crippen LogP contribution in [0.1, 0.15) is 37.7 Å². The molecule has 2 heterocycles. The smallest absolute Gasteiger partial charge is 0.410 e. The number of amides is 1. The minimum Gasteiger partial charge on any atom is -0.445 e. The summed E-state index contributed by atoms with van der Waals surface area (Å²) in [6.45, 7) is 0.279. The van der Waals surface area contributed by atoms with Crippen molar-refractivity contribution >= 4 is 11.9 Å². The van der Waals surface area contributed by atoms with Crippen LogP contribution in [0.5, 0.6) is 0 Å². The van der Waals surface area contributed by atoms with E-state index in [2.05, 4.69) is 0 Å². The van der Waals surface area contributed by atoms with Gasteiger partial charge in [-0.25, -0.2) is 4.79 Å². The lowest BCUT2D eigenvalue weighted by molar-refractivity contribution is -0.142. The Labute approximate surface area is 154 Å². The molecule has 1 aromatic carbocycles. The van der Waals surface area contributed by atoms with Crippen molar-refractivity contribution in [2.45, 2.75) is 57.1 Å². The first-order valence-corrected chi connectivity index (χ1v) is 9.19. The number of Topliss-reactive ketones (excluding diaryl/α,β-unsaturated/α-hetero) is 1. The zero-order chi connectivity index (χ0) is 18.5. The standard InChI is InChI=1S/C20H27NO5/c1-24-19(25-2)12-18(22)15-10-16-8-9-17(11-15)21(16)20(23)26-13-14-6-4-3-5-7-14/h3-7,15-17,19H,8-13H2,1-2H3. The van der Waals surface area contributed by atoms with Gasteiger partial charge in [0.1, 0.15) is 12.4 Å². The van der Waals surface area contributed by atoms with Crippen molar-refractivity contribution in [1.29, 1.82) is 0 Å². The van der Waals surface area contributed by atoms with E-state index in [4.69, 9.17) is 14.2 Å². The van der Waals surface area contributed by atoms with E-state index in [9.17, 15) is 9.59 Å². The van der Waals surface area contributed by atoms with Crippen LogP contribution in [0.4, 0.5) is 4.79 Å². The molecule has 0 saturated carbocycles. The van der Waals surface area contributed by atoms with Crippen LogP contribution in [0, 0.1) is 5.92 Å². The molecule has 0 radical (unpaired) electrons. The van der Waals surface area contributed by atoms with E-state index in [-0.39, 0.29) is 42.9 Å². The molecular formula is C20H27NO5. The number of hydrogen-bond acceptors (Lipinski definition) is 5. The third-order valence-electron chi connectivity index (χ3n) is 5.50. The maximum atomic E-state index is 12.6. The Hall–Kier alpha value is -1.92. The van der Waals surface area contributed by atoms with E-state index in [1.54, 1.807) is 0 Å². The molecular weight excluding hydrogens is 334 g/mol. The van der Waals surface area contributed by atoms with E-state index in [0.29, 0.717) is 12.8 Å². The minimum atomic E-state index is -0.492. The van der Waals surface area contributed by atoms with E-state index in [0.717, 1.165) is 18.4 Å². The third kappa shape index (κ3) is 4.24. The van der Waals surface area contributed by atoms with Crippen LogP contribution in [0.2, 0.25) is 0 Å². The third-order valence-corrected chi connectivity index (χ3v) is 5.50. The summed E-state index contributed by atoms with van der Waals surface area (Å²) in [6.07, 6.45) is 2.79. The van der Waals surface area contributed by atoms with Crippen LogP contribution < -0.4 is 0 Å². The van der Waals surface area contributed by atoms with Gasteiger partial charge in [0, 0.05) is 32.2 Å². The molecule has 3 rings (SSSR count). The normalized spacial score (nSPS) is 24.7. The van der Waals surface area contributed by atoms with Crippen molar-refractivity contribution < 1.29 is 23.8 Å². The number of fused-ring (bicyclic) bond motifs is 2. The second-order valence-corrected chi connectivity index (χ2v) is 7.07. The van der Waals surface area contributed by atoms with E-state index in [1.165, 1.54) is 14.2 Å². The average Bonchev–Trinajstić information content (AvgIpc) is 2.94. The first-order chi connectivity index (χ1) is 12.6. The molecule has 2 fully saturated rings. The van der Waals surface area contributed by atoms with E-state index < -0.39 is 6.29 Å². The average molecular weight is 361 g/mol. The number of methoxy groups -OCH3 is 2. The summed E-state index contributed by atoms with van der Waals surface area (Å²) < 4.78 is 15.8. The van der Waals surface area contributed by atoms with Crippen LogP contribution in [-0.4, -0.2) is 49.4 Å². The minimum absolute atomic E-state index is 0.0292. The fourth-order valence-corrected chi connectivity index (χ4v) is 4.13. The summed E-state index contributed by atoms with van der Waals surface area (Å²) >= 11 is 0. The molecule has 26 heavy (non-hydrogen) atoms. The number of carbonyl (C=O) groups excluding carboxylic acids is 2. The van der Waals surface area contributed by atoms with Gasteiger partial charge in [0.25, 0.3) is 0 Å². The van der Waals surface area contributed by atoms with Crippen molar-refractivity contribution in [3.8, 4) is 0 Å². The Kier molecular flexibility index (Phi) is 6.27. The predicted octanol–water partition coefficient (Wildman–Crippen LogP) is 3.14. The van der Waals surface area contributed by atoms with Gasteiger partial charge in [0.2, 0.25) is 0 Å². The van der Waals surface area contributed by atoms with Crippen molar-refractivity contribution in [1.82, 2.24) is 4.90 Å². The molecule has 0 aliphatic carbocycles. The Morgan fingerprint density at radius 1 is 1.08 bits per heavy atom. The van der Waals surface area contributed by atoms with Crippen LogP contribution in [0.3, 0.4) is 0 Å². The molecule has 2 saturated heterocycles. The monoisotopic (exact) mass is 361 g/mol. The molecule has 6 nitrogen and oxygen atoms in total. The molecule has 2 atom stereocenters. The highest BCUT2D eigenvalue weighted by Crippen LogP contribution is 2.40. The van der Waals surface area contributed by atoms with Gasteiger partial charge in [0.05, 0.1) is 6.42 Å². The van der Waals surface area contributed by atoms with Crippen molar-refractivity contribution in [2.75, 3.05) is 14.2 Å². The molecule has 2 unspecified atom stereocenters. The molecule has 2 aliphatic heterocycles. The zero-order valence-electron chi connectivity index (χ0n) is 15.4. The van der Waals surface area contributed by atoms with Gasteiger partial charge in [-0.05, 0) is 31.2 Å². The number of rotatable bonds is 7. The Balaban J connectivity index is 1.55. The Bertz CT molecular complexity index is 602. The van der Waals surface area contributed by atoms with Crippen LogP contribution >= 0.6 is 0 Å². The van der Waals surface area contributed by atoms with E-state index in [1.807, 2.05) is 35.2 Å². The quantitative estimate of drug-likeness (QED) is 0.698. The summed E-state index contributed by atoms with van der Waals surface area (Å²) in [4.78, 5) is 27.0. The van der Waals surface area contributed by atoms with Crippen LogP contribution in [0.25, 0.3) is 0 Å². The Morgan fingerprint density at radius 2 is 1.69 bits per heavy atom. The maximum Gasteiger partial charge on any atom is 0.410 e. The first kappa shape index (κ1) is 18.9. The first-order valence-electron chi connectivity index (χ1n) is 9.19. The number of benzene rings is 1. The summed E-state index contributed by atoms with van der Waals surface area (Å²) in [5, 5.41) is 0. The second kappa shape index (κ2) is 8.64. The SMILES string of the molecule is COC(CC(=O)C1CC2CCC(C1)N2C(=O)OCc1ccccc1)OC. The number of carbonyl (C=O) groups is 2. The van der Waals surface area contributed by atoms with Gasteiger partial charge in [-0.1, -0.05) is 30.3 Å². The van der Waals surface area contributed by atoms with Gasteiger partial charge in [-0.15, -0.1) is 0 Å². The lowest BCUT2D eigenvalue weighted by Gasteiger charge is -2.37. The van der Waals surface area contributed by atoms with Crippen molar-refractivity contribution in [2.24, 2.45) is 5.92 Å². The molecule has 6 heteroatoms. The number of piperidine rings is 1. The van der Waals surface area contributed by atoms with Crippen molar-refractivity contribution in [3.05, 3.63) is 35.9 Å². The molecule has 142 valence electrons. The number of ketones is 1. The summed E-state index contributed by atoms with van der Waals surface area (Å²) in [7, 11) is 3.08. The molecule has 0 spiro atoms. The lowest BCUT2D eigenvalue weighted by atomic mass is 9.86. The summed E-state index contributed by atoms with van der Waals surface area (Å²) in [5.74, 6) is 0.131. The molecule has 2 bridgehead atoms. The number of nitrogens with zero attached hydrogens (tertiary/aromatic N) is 1. The van der Waals surface area contributed by atoms with Gasteiger partial charge in [-0.3, -0.25) is 4.79 Å². The Morgan fingerprint density at radius 3 is 2.27 bits per heavy atom. The van der Waals surface area contributed by atoms with Crippen molar-refractivity contribution in [3.63, 3.8) is 0 Å². The summed E-state index contributed by atoms with van der Waals surface area (Å²) in [6, 6.07) is 9.85. The highest BCUT2D eigenvalue weighted by atomic mass is 16.7. The summed E-state index contributed by atoms with van der Waals surface area (Å²) in [5.41, 5.74) is 0.975. The van der Waals surface area contributed by atoms with Gasteiger partial charge >= 0.3 is 6.09 Å². The highest BCUT2D eigenvalue weighted by molar-refractivity contribution is 5.82. The van der Waals surface area contributed by atoms with Gasteiger partial charge in [-0.2, -0.15) is 0 Å². The maximum absolute atomic E-state index is 12.6. The lowest BCUT2D eigenvalue weighted by Crippen LogP contribution is -2.48. The van der Waals surface area contributed by atoms with Crippen LogP contribution in [0.15, 0.2) is 30.3 Å². The molecule has 1 aromatic rings. The zero-order valence-corrected chi connectivity index (χ0v) is 15.4. The largest absolute Gasteiger partial charge is 0.445 e. The molecule has 0 N–H and O–H groups in total. The van der Waals surface area contributed by atoms with Gasteiger partial charge < -0.3 is 19.1 Å². The molecule has 2 aliphatic rings. The van der Waals surface area contributed by atoms with Gasteiger partial charge in [0.15, 0.2) is 6.29 Å². The fraction of sp³-hybridized carbons (Fsp3) is 0.600. The molecule has 1 amide bonds. The highest BCUT2D eigenvalue weighted by Gasteiger charge is 2.45. The topological polar surface area (TPSA) is 65.1 Å². The molecule has 0 aromatic heterocycles. The number of hydrogen-bond donors (Lipinski definition) is 0. The second-order valence-electron chi connectivity index (χ2n) is 7.07. The fourth-order valence-electron chi connectivity index (χ4n) is 4.13.